The SMILES string of the molecule is Cc1nn(CCO)c(NCc2ccc(N(C)CCC#N)cc2)c1C. The molecule has 1 aromatic heterocycles. The van der Waals surface area contributed by atoms with Crippen LogP contribution in [0, 0.1) is 25.2 Å². The molecule has 6 heteroatoms. The van der Waals surface area contributed by atoms with E-state index < -0.39 is 0 Å². The molecule has 0 atom stereocenters. The van der Waals surface area contributed by atoms with E-state index in [4.69, 9.17) is 10.4 Å². The van der Waals surface area contributed by atoms with Crippen LogP contribution in [0.1, 0.15) is 23.2 Å². The normalized spacial score (nSPS) is 10.5. The Labute approximate surface area is 143 Å². The zero-order valence-corrected chi connectivity index (χ0v) is 14.6. The average Bonchev–Trinajstić information content (AvgIpc) is 2.85. The van der Waals surface area contributed by atoms with Crippen molar-refractivity contribution in [1.82, 2.24) is 9.78 Å². The minimum atomic E-state index is 0.0684. The highest BCUT2D eigenvalue weighted by Gasteiger charge is 2.11. The van der Waals surface area contributed by atoms with Gasteiger partial charge in [-0.25, -0.2) is 4.68 Å². The molecule has 0 spiro atoms. The van der Waals surface area contributed by atoms with E-state index in [-0.39, 0.29) is 6.61 Å². The fourth-order valence-electron chi connectivity index (χ4n) is 2.55. The number of nitrogens with one attached hydrogen (secondary N) is 1. The van der Waals surface area contributed by atoms with Gasteiger partial charge in [0.2, 0.25) is 0 Å². The first-order chi connectivity index (χ1) is 11.6. The summed E-state index contributed by atoms with van der Waals surface area (Å²) in [5.74, 6) is 0.955. The Morgan fingerprint density at radius 3 is 2.62 bits per heavy atom. The highest BCUT2D eigenvalue weighted by Crippen LogP contribution is 2.20. The minimum Gasteiger partial charge on any atom is -0.394 e. The molecule has 0 aliphatic rings. The lowest BCUT2D eigenvalue weighted by atomic mass is 10.2. The van der Waals surface area contributed by atoms with E-state index in [1.807, 2.05) is 25.6 Å². The second-order valence-corrected chi connectivity index (χ2v) is 5.86. The molecule has 2 rings (SSSR count). The molecular weight excluding hydrogens is 302 g/mol. The maximum absolute atomic E-state index is 9.16. The Hall–Kier alpha value is -2.52. The number of aliphatic hydroxyl groups is 1. The number of benzene rings is 1. The van der Waals surface area contributed by atoms with E-state index in [2.05, 4.69) is 45.7 Å². The van der Waals surface area contributed by atoms with Gasteiger partial charge in [0, 0.05) is 31.4 Å². The van der Waals surface area contributed by atoms with Crippen LogP contribution >= 0.6 is 0 Å². The Bertz CT molecular complexity index is 699. The van der Waals surface area contributed by atoms with Gasteiger partial charge in [0.1, 0.15) is 5.82 Å². The average molecular weight is 327 g/mol. The predicted octanol–water partition coefficient (Wildman–Crippen LogP) is 2.45. The zero-order chi connectivity index (χ0) is 17.5. The third-order valence-electron chi connectivity index (χ3n) is 4.13. The van der Waals surface area contributed by atoms with Gasteiger partial charge >= 0.3 is 0 Å². The Kier molecular flexibility index (Phi) is 6.21. The maximum atomic E-state index is 9.16. The van der Waals surface area contributed by atoms with Crippen LogP contribution in [0.25, 0.3) is 0 Å². The number of rotatable bonds is 8. The summed E-state index contributed by atoms with van der Waals surface area (Å²) < 4.78 is 1.81. The first-order valence-corrected chi connectivity index (χ1v) is 8.12. The van der Waals surface area contributed by atoms with E-state index in [0.29, 0.717) is 19.5 Å². The second-order valence-electron chi connectivity index (χ2n) is 5.86. The number of aryl methyl sites for hydroxylation is 1. The van der Waals surface area contributed by atoms with Crippen molar-refractivity contribution < 1.29 is 5.11 Å². The van der Waals surface area contributed by atoms with Crippen molar-refractivity contribution in [2.24, 2.45) is 0 Å². The van der Waals surface area contributed by atoms with Gasteiger partial charge < -0.3 is 15.3 Å². The van der Waals surface area contributed by atoms with Crippen LogP contribution in [0.3, 0.4) is 0 Å². The Balaban J connectivity index is 2.01. The van der Waals surface area contributed by atoms with Crippen molar-refractivity contribution in [3.8, 4) is 6.07 Å². The van der Waals surface area contributed by atoms with Gasteiger partial charge in [-0.3, -0.25) is 0 Å². The molecule has 0 fully saturated rings. The van der Waals surface area contributed by atoms with Gasteiger partial charge in [-0.2, -0.15) is 10.4 Å². The van der Waals surface area contributed by atoms with Crippen molar-refractivity contribution >= 4 is 11.5 Å². The highest BCUT2D eigenvalue weighted by molar-refractivity contribution is 5.49. The van der Waals surface area contributed by atoms with Crippen LogP contribution in [0.4, 0.5) is 11.5 Å². The fraction of sp³-hybridized carbons (Fsp3) is 0.444. The molecule has 2 N–H and O–H groups in total. The molecule has 128 valence electrons. The van der Waals surface area contributed by atoms with E-state index in [1.165, 1.54) is 5.56 Å². The number of aromatic nitrogens is 2. The first-order valence-electron chi connectivity index (χ1n) is 8.12. The van der Waals surface area contributed by atoms with E-state index in [1.54, 1.807) is 0 Å². The molecule has 1 aromatic carbocycles. The first kappa shape index (κ1) is 17.8. The summed E-state index contributed by atoms with van der Waals surface area (Å²) in [7, 11) is 1.99. The molecule has 0 saturated carbocycles. The summed E-state index contributed by atoms with van der Waals surface area (Å²) in [6.45, 7) is 5.98. The van der Waals surface area contributed by atoms with Crippen molar-refractivity contribution in [2.45, 2.75) is 33.4 Å². The molecule has 0 aliphatic carbocycles. The van der Waals surface area contributed by atoms with Gasteiger partial charge in [0.15, 0.2) is 0 Å². The number of aliphatic hydroxyl groups excluding tert-OH is 1. The lowest BCUT2D eigenvalue weighted by molar-refractivity contribution is 0.270. The van der Waals surface area contributed by atoms with Crippen LogP contribution in [0.5, 0.6) is 0 Å². The molecule has 0 aliphatic heterocycles. The summed E-state index contributed by atoms with van der Waals surface area (Å²) in [6, 6.07) is 10.5. The van der Waals surface area contributed by atoms with Crippen molar-refractivity contribution in [3.63, 3.8) is 0 Å². The lowest BCUT2D eigenvalue weighted by Crippen LogP contribution is -2.18. The summed E-state index contributed by atoms with van der Waals surface area (Å²) in [6.07, 6.45) is 0.521. The molecule has 24 heavy (non-hydrogen) atoms. The van der Waals surface area contributed by atoms with Crippen molar-refractivity contribution in [1.29, 1.82) is 5.26 Å². The molecule has 2 aromatic rings. The van der Waals surface area contributed by atoms with Crippen LogP contribution < -0.4 is 10.2 Å². The third kappa shape index (κ3) is 4.27. The minimum absolute atomic E-state index is 0.0684. The van der Waals surface area contributed by atoms with Gasteiger partial charge in [0.05, 0.1) is 31.3 Å². The van der Waals surface area contributed by atoms with Crippen molar-refractivity contribution in [2.75, 3.05) is 30.4 Å². The van der Waals surface area contributed by atoms with E-state index in [0.717, 1.165) is 29.3 Å². The number of hydrogen-bond acceptors (Lipinski definition) is 5. The van der Waals surface area contributed by atoms with Crippen LogP contribution in [-0.4, -0.2) is 35.1 Å². The quantitative estimate of drug-likeness (QED) is 0.779. The fourth-order valence-corrected chi connectivity index (χ4v) is 2.55. The monoisotopic (exact) mass is 327 g/mol. The molecule has 6 nitrogen and oxygen atoms in total. The summed E-state index contributed by atoms with van der Waals surface area (Å²) in [5.41, 5.74) is 4.35. The number of nitriles is 1. The molecule has 0 bridgehead atoms. The molecule has 0 unspecified atom stereocenters. The third-order valence-corrected chi connectivity index (χ3v) is 4.13. The summed E-state index contributed by atoms with van der Waals surface area (Å²) in [5, 5.41) is 25.7. The summed E-state index contributed by atoms with van der Waals surface area (Å²) >= 11 is 0. The van der Waals surface area contributed by atoms with Gasteiger partial charge in [0.25, 0.3) is 0 Å². The molecule has 1 heterocycles. The Morgan fingerprint density at radius 1 is 1.29 bits per heavy atom. The van der Waals surface area contributed by atoms with Crippen LogP contribution in [0.15, 0.2) is 24.3 Å². The maximum Gasteiger partial charge on any atom is 0.127 e. The number of anilines is 2. The molecule has 0 radical (unpaired) electrons. The van der Waals surface area contributed by atoms with Crippen LogP contribution in [-0.2, 0) is 13.1 Å². The van der Waals surface area contributed by atoms with Gasteiger partial charge in [-0.15, -0.1) is 0 Å². The number of nitrogens with zero attached hydrogens (tertiary/aromatic N) is 4. The topological polar surface area (TPSA) is 77.1 Å². The predicted molar refractivity (Wildman–Crippen MR) is 96.1 cm³/mol. The van der Waals surface area contributed by atoms with Gasteiger partial charge in [-0.05, 0) is 31.5 Å². The van der Waals surface area contributed by atoms with Crippen LogP contribution in [0.2, 0.25) is 0 Å². The smallest absolute Gasteiger partial charge is 0.127 e. The highest BCUT2D eigenvalue weighted by atomic mass is 16.3. The standard InChI is InChI=1S/C18H25N5O/c1-14-15(2)21-23(11-12-24)18(14)20-13-16-5-7-17(8-6-16)22(3)10-4-9-19/h5-8,20,24H,4,10-13H2,1-3H3. The molecule has 0 saturated heterocycles. The lowest BCUT2D eigenvalue weighted by Gasteiger charge is -2.18. The molecular formula is C18H25N5O. The Morgan fingerprint density at radius 2 is 2.00 bits per heavy atom. The van der Waals surface area contributed by atoms with Crippen molar-refractivity contribution in [3.05, 3.63) is 41.1 Å². The second kappa shape index (κ2) is 8.37. The van der Waals surface area contributed by atoms with E-state index >= 15 is 0 Å². The summed E-state index contributed by atoms with van der Waals surface area (Å²) in [4.78, 5) is 2.07. The number of hydrogen-bond donors (Lipinski definition) is 2. The van der Waals surface area contributed by atoms with Gasteiger partial charge in [-0.1, -0.05) is 12.1 Å². The molecule has 0 amide bonds. The largest absolute Gasteiger partial charge is 0.394 e. The zero-order valence-electron chi connectivity index (χ0n) is 14.6. The van der Waals surface area contributed by atoms with E-state index in [9.17, 15) is 0 Å².